The van der Waals surface area contributed by atoms with Crippen molar-refractivity contribution in [3.8, 4) is 10.6 Å². The zero-order chi connectivity index (χ0) is 17.6. The van der Waals surface area contributed by atoms with Crippen LogP contribution >= 0.6 is 11.3 Å². The summed E-state index contributed by atoms with van der Waals surface area (Å²) < 4.78 is 27.5. The molecule has 0 saturated heterocycles. The van der Waals surface area contributed by atoms with E-state index in [1.165, 1.54) is 22.3 Å². The number of anilines is 1. The van der Waals surface area contributed by atoms with Crippen molar-refractivity contribution in [2.45, 2.75) is 13.3 Å². The number of aryl methyl sites for hydroxylation is 1. The smallest absolute Gasteiger partial charge is 0.270 e. The summed E-state index contributed by atoms with van der Waals surface area (Å²) in [6, 6.07) is 11.7. The first-order valence-electron chi connectivity index (χ1n) is 7.87. The highest BCUT2D eigenvalue weighted by molar-refractivity contribution is 7.17. The second-order valence-electron chi connectivity index (χ2n) is 5.89. The SMILES string of the molecule is Cc1nc(-c2ccccc2)sc1C(=O)N1CCc2c(F)cc(F)cc21. The van der Waals surface area contributed by atoms with E-state index in [2.05, 4.69) is 4.98 Å². The Morgan fingerprint density at radius 1 is 1.20 bits per heavy atom. The van der Waals surface area contributed by atoms with Gasteiger partial charge in [-0.05, 0) is 19.4 Å². The number of hydrogen-bond donors (Lipinski definition) is 0. The van der Waals surface area contributed by atoms with Gasteiger partial charge in [0, 0.05) is 23.7 Å². The molecule has 2 heterocycles. The quantitative estimate of drug-likeness (QED) is 0.672. The number of carbonyl (C=O) groups excluding carboxylic acids is 1. The summed E-state index contributed by atoms with van der Waals surface area (Å²) in [5.74, 6) is -1.54. The number of rotatable bonds is 2. The molecule has 6 heteroatoms. The van der Waals surface area contributed by atoms with E-state index in [1.54, 1.807) is 6.92 Å². The standard InChI is InChI=1S/C19H14F2N2OS/c1-11-17(25-18(22-11)12-5-3-2-4-6-12)19(24)23-8-7-14-15(21)9-13(20)10-16(14)23/h2-6,9-10H,7-8H2,1H3. The van der Waals surface area contributed by atoms with Gasteiger partial charge in [-0.3, -0.25) is 4.79 Å². The van der Waals surface area contributed by atoms with Gasteiger partial charge in [-0.25, -0.2) is 13.8 Å². The predicted octanol–water partition coefficient (Wildman–Crippen LogP) is 4.60. The maximum absolute atomic E-state index is 13.9. The Balaban J connectivity index is 1.71. The number of benzene rings is 2. The molecular formula is C19H14F2N2OS. The molecule has 1 aliphatic rings. The molecule has 0 spiro atoms. The third kappa shape index (κ3) is 2.72. The molecule has 1 amide bonds. The van der Waals surface area contributed by atoms with E-state index < -0.39 is 11.6 Å². The first-order valence-corrected chi connectivity index (χ1v) is 8.69. The lowest BCUT2D eigenvalue weighted by molar-refractivity contribution is 0.0992. The Morgan fingerprint density at radius 3 is 2.72 bits per heavy atom. The maximum atomic E-state index is 13.9. The van der Waals surface area contributed by atoms with Crippen molar-refractivity contribution in [1.29, 1.82) is 0 Å². The van der Waals surface area contributed by atoms with Gasteiger partial charge in [0.05, 0.1) is 11.4 Å². The molecule has 0 unspecified atom stereocenters. The van der Waals surface area contributed by atoms with E-state index in [1.807, 2.05) is 30.3 Å². The molecule has 1 aromatic heterocycles. The van der Waals surface area contributed by atoms with Gasteiger partial charge in [-0.2, -0.15) is 0 Å². The normalized spacial score (nSPS) is 13.2. The number of thiazole rings is 1. The van der Waals surface area contributed by atoms with Crippen LogP contribution < -0.4 is 4.90 Å². The molecule has 3 nitrogen and oxygen atoms in total. The molecule has 1 aliphatic heterocycles. The van der Waals surface area contributed by atoms with Crippen LogP contribution in [0, 0.1) is 18.6 Å². The Labute approximate surface area is 147 Å². The van der Waals surface area contributed by atoms with Gasteiger partial charge in [0.15, 0.2) is 0 Å². The van der Waals surface area contributed by atoms with Crippen LogP contribution in [0.25, 0.3) is 10.6 Å². The highest BCUT2D eigenvalue weighted by atomic mass is 32.1. The summed E-state index contributed by atoms with van der Waals surface area (Å²) in [5.41, 5.74) is 2.27. The van der Waals surface area contributed by atoms with Crippen LogP contribution in [-0.4, -0.2) is 17.4 Å². The van der Waals surface area contributed by atoms with E-state index >= 15 is 0 Å². The van der Waals surface area contributed by atoms with E-state index in [0.717, 1.165) is 16.6 Å². The van der Waals surface area contributed by atoms with Crippen LogP contribution in [0.3, 0.4) is 0 Å². The molecule has 0 saturated carbocycles. The highest BCUT2D eigenvalue weighted by Crippen LogP contribution is 2.35. The lowest BCUT2D eigenvalue weighted by Crippen LogP contribution is -2.28. The first-order chi connectivity index (χ1) is 12.0. The zero-order valence-electron chi connectivity index (χ0n) is 13.4. The van der Waals surface area contributed by atoms with Crippen LogP contribution in [0.1, 0.15) is 20.9 Å². The van der Waals surface area contributed by atoms with Crippen LogP contribution in [0.4, 0.5) is 14.5 Å². The molecule has 25 heavy (non-hydrogen) atoms. The lowest BCUT2D eigenvalue weighted by Gasteiger charge is -2.16. The van der Waals surface area contributed by atoms with Crippen molar-refractivity contribution in [2.75, 3.05) is 11.4 Å². The Hall–Kier alpha value is -2.60. The van der Waals surface area contributed by atoms with Crippen molar-refractivity contribution >= 4 is 22.9 Å². The fourth-order valence-corrected chi connectivity index (χ4v) is 4.08. The first kappa shape index (κ1) is 15.9. The van der Waals surface area contributed by atoms with Gasteiger partial charge in [0.25, 0.3) is 5.91 Å². The van der Waals surface area contributed by atoms with E-state index in [0.29, 0.717) is 34.8 Å². The van der Waals surface area contributed by atoms with Gasteiger partial charge in [-0.15, -0.1) is 11.3 Å². The molecule has 126 valence electrons. The topological polar surface area (TPSA) is 33.2 Å². The van der Waals surface area contributed by atoms with Gasteiger partial charge in [0.2, 0.25) is 0 Å². The van der Waals surface area contributed by atoms with E-state index in [-0.39, 0.29) is 5.91 Å². The fraction of sp³-hybridized carbons (Fsp3) is 0.158. The average molecular weight is 356 g/mol. The summed E-state index contributed by atoms with van der Waals surface area (Å²) in [6.07, 6.45) is 0.385. The predicted molar refractivity (Wildman–Crippen MR) is 94.0 cm³/mol. The molecule has 4 rings (SSSR count). The molecule has 0 atom stereocenters. The molecule has 3 aromatic rings. The van der Waals surface area contributed by atoms with Crippen molar-refractivity contribution in [3.05, 3.63) is 70.2 Å². The number of aromatic nitrogens is 1. The van der Waals surface area contributed by atoms with E-state index in [9.17, 15) is 13.6 Å². The van der Waals surface area contributed by atoms with Gasteiger partial charge in [-0.1, -0.05) is 30.3 Å². The number of hydrogen-bond acceptors (Lipinski definition) is 3. The van der Waals surface area contributed by atoms with Crippen molar-refractivity contribution < 1.29 is 13.6 Å². The number of nitrogens with zero attached hydrogens (tertiary/aromatic N) is 2. The lowest BCUT2D eigenvalue weighted by atomic mass is 10.1. The molecule has 0 N–H and O–H groups in total. The third-order valence-corrected chi connectivity index (χ3v) is 5.46. The molecule has 0 radical (unpaired) electrons. The molecular weight excluding hydrogens is 342 g/mol. The van der Waals surface area contributed by atoms with Crippen LogP contribution in [0.15, 0.2) is 42.5 Å². The second kappa shape index (κ2) is 6.04. The summed E-state index contributed by atoms with van der Waals surface area (Å²) in [4.78, 5) is 19.4. The number of halogens is 2. The Morgan fingerprint density at radius 2 is 1.96 bits per heavy atom. The Kier molecular flexibility index (Phi) is 3.84. The molecule has 2 aromatic carbocycles. The van der Waals surface area contributed by atoms with Crippen LogP contribution in [0.2, 0.25) is 0 Å². The molecule has 0 fully saturated rings. The van der Waals surface area contributed by atoms with Gasteiger partial charge < -0.3 is 4.90 Å². The minimum Gasteiger partial charge on any atom is -0.307 e. The largest absolute Gasteiger partial charge is 0.307 e. The summed E-state index contributed by atoms with van der Waals surface area (Å²) >= 11 is 1.30. The third-order valence-electron chi connectivity index (χ3n) is 4.27. The molecule has 0 aliphatic carbocycles. The summed E-state index contributed by atoms with van der Waals surface area (Å²) in [7, 11) is 0. The zero-order valence-corrected chi connectivity index (χ0v) is 14.2. The number of fused-ring (bicyclic) bond motifs is 1. The summed E-state index contributed by atoms with van der Waals surface area (Å²) in [5, 5.41) is 0.756. The monoisotopic (exact) mass is 356 g/mol. The minimum atomic E-state index is -0.679. The highest BCUT2D eigenvalue weighted by Gasteiger charge is 2.30. The van der Waals surface area contributed by atoms with E-state index in [4.69, 9.17) is 0 Å². The number of carbonyl (C=O) groups is 1. The molecule has 0 bridgehead atoms. The number of amides is 1. The van der Waals surface area contributed by atoms with Gasteiger partial charge in [0.1, 0.15) is 21.5 Å². The fourth-order valence-electron chi connectivity index (χ4n) is 3.05. The van der Waals surface area contributed by atoms with Crippen LogP contribution in [-0.2, 0) is 6.42 Å². The van der Waals surface area contributed by atoms with Crippen molar-refractivity contribution in [2.24, 2.45) is 0 Å². The van der Waals surface area contributed by atoms with Crippen molar-refractivity contribution in [3.63, 3.8) is 0 Å². The van der Waals surface area contributed by atoms with Gasteiger partial charge >= 0.3 is 0 Å². The maximum Gasteiger partial charge on any atom is 0.270 e. The average Bonchev–Trinajstić information content (AvgIpc) is 3.19. The Bertz CT molecular complexity index is 969. The summed E-state index contributed by atoms with van der Waals surface area (Å²) in [6.45, 7) is 2.12. The second-order valence-corrected chi connectivity index (χ2v) is 6.89. The van der Waals surface area contributed by atoms with Crippen LogP contribution in [0.5, 0.6) is 0 Å². The minimum absolute atomic E-state index is 0.263. The van der Waals surface area contributed by atoms with Crippen molar-refractivity contribution in [1.82, 2.24) is 4.98 Å².